The molecule has 1 atom stereocenters. The van der Waals surface area contributed by atoms with Crippen LogP contribution in [0.1, 0.15) is 15.9 Å². The Morgan fingerprint density at radius 2 is 2.25 bits per heavy atom. The quantitative estimate of drug-likeness (QED) is 0.526. The fourth-order valence-electron chi connectivity index (χ4n) is 1.27. The van der Waals surface area contributed by atoms with E-state index >= 15 is 0 Å². The Hall–Kier alpha value is -1.59. The van der Waals surface area contributed by atoms with Crippen molar-refractivity contribution in [3.63, 3.8) is 0 Å². The fourth-order valence-corrected chi connectivity index (χ4v) is 1.27. The summed E-state index contributed by atoms with van der Waals surface area (Å²) in [5, 5.41) is 20.2. The summed E-state index contributed by atoms with van der Waals surface area (Å²) in [5.74, 6) is -0.308. The molecule has 0 radical (unpaired) electrons. The first-order valence-electron chi connectivity index (χ1n) is 4.98. The largest absolute Gasteiger partial charge is 0.398 e. The molecule has 0 saturated carbocycles. The summed E-state index contributed by atoms with van der Waals surface area (Å²) in [6.45, 7) is 1.40. The van der Waals surface area contributed by atoms with Gasteiger partial charge in [-0.2, -0.15) is 0 Å². The molecule has 0 saturated heterocycles. The van der Waals surface area contributed by atoms with Gasteiger partial charge in [0.25, 0.3) is 5.91 Å². The number of amides is 1. The maximum atomic E-state index is 11.7. The predicted molar refractivity (Wildman–Crippen MR) is 61.0 cm³/mol. The van der Waals surface area contributed by atoms with Crippen molar-refractivity contribution in [2.45, 2.75) is 13.0 Å². The van der Waals surface area contributed by atoms with Crippen molar-refractivity contribution in [3.05, 3.63) is 29.3 Å². The molecule has 88 valence electrons. The Kier molecular flexibility index (Phi) is 4.28. The lowest BCUT2D eigenvalue weighted by molar-refractivity contribution is 0.0801. The summed E-state index contributed by atoms with van der Waals surface area (Å²) in [4.78, 5) is 11.7. The zero-order valence-corrected chi connectivity index (χ0v) is 9.10. The molecule has 0 aliphatic rings. The van der Waals surface area contributed by atoms with Crippen LogP contribution in [0.4, 0.5) is 5.69 Å². The molecule has 16 heavy (non-hydrogen) atoms. The third-order valence-electron chi connectivity index (χ3n) is 2.33. The normalized spacial score (nSPS) is 12.2. The zero-order valence-electron chi connectivity index (χ0n) is 9.10. The number of aliphatic hydroxyl groups is 2. The highest BCUT2D eigenvalue weighted by molar-refractivity contribution is 5.96. The van der Waals surface area contributed by atoms with Crippen LogP contribution >= 0.6 is 0 Å². The highest BCUT2D eigenvalue weighted by atomic mass is 16.3. The molecule has 1 amide bonds. The van der Waals surface area contributed by atoms with Crippen LogP contribution in [0.25, 0.3) is 0 Å². The van der Waals surface area contributed by atoms with Crippen LogP contribution in [0.2, 0.25) is 0 Å². The van der Waals surface area contributed by atoms with E-state index < -0.39 is 6.10 Å². The molecule has 0 aromatic heterocycles. The molecule has 1 rings (SSSR count). The number of anilines is 1. The van der Waals surface area contributed by atoms with E-state index in [0.29, 0.717) is 16.8 Å². The SMILES string of the molecule is Cc1c(N)cccc1C(=O)NCC(O)CO. The van der Waals surface area contributed by atoms with E-state index in [9.17, 15) is 4.79 Å². The number of rotatable bonds is 4. The zero-order chi connectivity index (χ0) is 12.1. The third kappa shape index (κ3) is 2.95. The van der Waals surface area contributed by atoms with Crippen LogP contribution in [-0.4, -0.2) is 35.4 Å². The Balaban J connectivity index is 2.70. The minimum Gasteiger partial charge on any atom is -0.398 e. The van der Waals surface area contributed by atoms with E-state index in [1.54, 1.807) is 25.1 Å². The molecular weight excluding hydrogens is 208 g/mol. The Morgan fingerprint density at radius 3 is 2.88 bits per heavy atom. The van der Waals surface area contributed by atoms with Gasteiger partial charge in [-0.25, -0.2) is 0 Å². The van der Waals surface area contributed by atoms with Gasteiger partial charge in [-0.05, 0) is 24.6 Å². The number of aliphatic hydroxyl groups excluding tert-OH is 2. The first-order chi connectivity index (χ1) is 7.56. The molecule has 5 N–H and O–H groups in total. The van der Waals surface area contributed by atoms with E-state index in [4.69, 9.17) is 15.9 Å². The smallest absolute Gasteiger partial charge is 0.251 e. The average molecular weight is 224 g/mol. The van der Waals surface area contributed by atoms with Crippen LogP contribution in [0.5, 0.6) is 0 Å². The van der Waals surface area contributed by atoms with Crippen LogP contribution in [0, 0.1) is 6.92 Å². The molecule has 5 nitrogen and oxygen atoms in total. The second kappa shape index (κ2) is 5.48. The minimum absolute atomic E-state index is 0.0174. The van der Waals surface area contributed by atoms with Gasteiger partial charge in [0.2, 0.25) is 0 Å². The molecule has 5 heteroatoms. The molecule has 0 bridgehead atoms. The minimum atomic E-state index is -0.940. The van der Waals surface area contributed by atoms with Crippen molar-refractivity contribution < 1.29 is 15.0 Å². The molecule has 0 heterocycles. The second-order valence-electron chi connectivity index (χ2n) is 3.57. The standard InChI is InChI=1S/C11H16N2O3/c1-7-9(3-2-4-10(7)12)11(16)13-5-8(15)6-14/h2-4,8,14-15H,5-6,12H2,1H3,(H,13,16). The monoisotopic (exact) mass is 224 g/mol. The van der Waals surface area contributed by atoms with E-state index in [-0.39, 0.29) is 19.1 Å². The Morgan fingerprint density at radius 1 is 1.56 bits per heavy atom. The second-order valence-corrected chi connectivity index (χ2v) is 3.57. The molecule has 1 unspecified atom stereocenters. The summed E-state index contributed by atoms with van der Waals surface area (Å²) < 4.78 is 0. The maximum Gasteiger partial charge on any atom is 0.251 e. The number of hydrogen-bond acceptors (Lipinski definition) is 4. The van der Waals surface area contributed by atoms with Gasteiger partial charge in [0.15, 0.2) is 0 Å². The lowest BCUT2D eigenvalue weighted by atomic mass is 10.1. The molecule has 0 spiro atoms. The highest BCUT2D eigenvalue weighted by Crippen LogP contribution is 2.14. The molecule has 0 aliphatic heterocycles. The van der Waals surface area contributed by atoms with E-state index in [2.05, 4.69) is 5.32 Å². The molecular formula is C11H16N2O3. The molecule has 1 aromatic carbocycles. The number of carbonyl (C=O) groups is 1. The predicted octanol–water partition coefficient (Wildman–Crippen LogP) is -0.340. The number of hydrogen-bond donors (Lipinski definition) is 4. The number of nitrogens with one attached hydrogen (secondary N) is 1. The number of carbonyl (C=O) groups excluding carboxylic acids is 1. The fraction of sp³-hybridized carbons (Fsp3) is 0.364. The van der Waals surface area contributed by atoms with Crippen LogP contribution in [-0.2, 0) is 0 Å². The number of benzene rings is 1. The van der Waals surface area contributed by atoms with Gasteiger partial charge in [-0.15, -0.1) is 0 Å². The van der Waals surface area contributed by atoms with Crippen LogP contribution in [0.3, 0.4) is 0 Å². The van der Waals surface area contributed by atoms with Crippen molar-refractivity contribution in [1.82, 2.24) is 5.32 Å². The van der Waals surface area contributed by atoms with Crippen molar-refractivity contribution in [2.24, 2.45) is 0 Å². The summed E-state index contributed by atoms with van der Waals surface area (Å²) in [6, 6.07) is 5.07. The van der Waals surface area contributed by atoms with Crippen molar-refractivity contribution in [3.8, 4) is 0 Å². The summed E-state index contributed by atoms with van der Waals surface area (Å²) in [5.41, 5.74) is 7.41. The Labute approximate surface area is 93.9 Å². The maximum absolute atomic E-state index is 11.7. The van der Waals surface area contributed by atoms with Crippen LogP contribution in [0.15, 0.2) is 18.2 Å². The van der Waals surface area contributed by atoms with Crippen LogP contribution < -0.4 is 11.1 Å². The summed E-state index contributed by atoms with van der Waals surface area (Å²) >= 11 is 0. The molecule has 0 fully saturated rings. The third-order valence-corrected chi connectivity index (χ3v) is 2.33. The van der Waals surface area contributed by atoms with Gasteiger partial charge >= 0.3 is 0 Å². The number of nitrogens with two attached hydrogens (primary N) is 1. The topological polar surface area (TPSA) is 95.6 Å². The van der Waals surface area contributed by atoms with E-state index in [1.807, 2.05) is 0 Å². The van der Waals surface area contributed by atoms with Gasteiger partial charge < -0.3 is 21.3 Å². The first-order valence-corrected chi connectivity index (χ1v) is 4.98. The Bertz CT molecular complexity index is 379. The van der Waals surface area contributed by atoms with E-state index in [0.717, 1.165) is 0 Å². The van der Waals surface area contributed by atoms with Gasteiger partial charge in [0.05, 0.1) is 12.7 Å². The summed E-state index contributed by atoms with van der Waals surface area (Å²) in [7, 11) is 0. The van der Waals surface area contributed by atoms with E-state index in [1.165, 1.54) is 0 Å². The van der Waals surface area contributed by atoms with Gasteiger partial charge in [-0.1, -0.05) is 6.07 Å². The van der Waals surface area contributed by atoms with Crippen molar-refractivity contribution in [2.75, 3.05) is 18.9 Å². The average Bonchev–Trinajstić information content (AvgIpc) is 2.29. The molecule has 0 aliphatic carbocycles. The number of nitrogen functional groups attached to an aromatic ring is 1. The highest BCUT2D eigenvalue weighted by Gasteiger charge is 2.11. The van der Waals surface area contributed by atoms with Gasteiger partial charge in [-0.3, -0.25) is 4.79 Å². The molecule has 1 aromatic rings. The van der Waals surface area contributed by atoms with Crippen molar-refractivity contribution in [1.29, 1.82) is 0 Å². The summed E-state index contributed by atoms with van der Waals surface area (Å²) in [6.07, 6.45) is -0.940. The lowest BCUT2D eigenvalue weighted by Crippen LogP contribution is -2.34. The first kappa shape index (κ1) is 12.5. The van der Waals surface area contributed by atoms with Crippen molar-refractivity contribution >= 4 is 11.6 Å². The van der Waals surface area contributed by atoms with Gasteiger partial charge in [0.1, 0.15) is 0 Å². The lowest BCUT2D eigenvalue weighted by Gasteiger charge is -2.11. The van der Waals surface area contributed by atoms with Gasteiger partial charge in [0, 0.05) is 17.8 Å².